The molecule has 0 bridgehead atoms. The predicted molar refractivity (Wildman–Crippen MR) is 120 cm³/mol. The molecule has 156 valence electrons. The summed E-state index contributed by atoms with van der Waals surface area (Å²) < 4.78 is 11.2. The van der Waals surface area contributed by atoms with E-state index >= 15 is 0 Å². The van der Waals surface area contributed by atoms with Crippen LogP contribution in [-0.4, -0.2) is 71.8 Å². The maximum atomic E-state index is 12.8. The zero-order valence-electron chi connectivity index (χ0n) is 16.7. The first-order valence-electron chi connectivity index (χ1n) is 10.1. The molecule has 1 N–H and O–H groups in total. The van der Waals surface area contributed by atoms with Crippen LogP contribution in [0, 0.1) is 0 Å². The molecule has 6 nitrogen and oxygen atoms in total. The highest BCUT2D eigenvalue weighted by Crippen LogP contribution is 2.25. The fourth-order valence-electron chi connectivity index (χ4n) is 3.91. The van der Waals surface area contributed by atoms with E-state index in [1.54, 1.807) is 12.0 Å². The Labute approximate surface area is 181 Å². The van der Waals surface area contributed by atoms with Gasteiger partial charge in [-0.25, -0.2) is 0 Å². The Morgan fingerprint density at radius 3 is 2.93 bits per heavy atom. The van der Waals surface area contributed by atoms with Crippen molar-refractivity contribution < 1.29 is 14.3 Å². The van der Waals surface area contributed by atoms with Gasteiger partial charge < -0.3 is 14.8 Å². The molecule has 0 spiro atoms. The van der Waals surface area contributed by atoms with E-state index in [1.165, 1.54) is 11.5 Å². The second-order valence-corrected chi connectivity index (χ2v) is 9.11. The number of rotatable bonds is 6. The molecule has 29 heavy (non-hydrogen) atoms. The summed E-state index contributed by atoms with van der Waals surface area (Å²) in [6, 6.07) is 6.05. The number of amides is 1. The lowest BCUT2D eigenvalue weighted by molar-refractivity contribution is -0.123. The Morgan fingerprint density at radius 1 is 1.38 bits per heavy atom. The largest absolute Gasteiger partial charge is 0.496 e. The fourth-order valence-corrected chi connectivity index (χ4v) is 5.15. The summed E-state index contributed by atoms with van der Waals surface area (Å²) in [4.78, 5) is 16.9. The van der Waals surface area contributed by atoms with Crippen LogP contribution in [0.15, 0.2) is 23.9 Å². The average Bonchev–Trinajstić information content (AvgIpc) is 3.33. The van der Waals surface area contributed by atoms with Crippen LogP contribution in [-0.2, 0) is 16.1 Å². The van der Waals surface area contributed by atoms with E-state index in [1.807, 2.05) is 30.0 Å². The molecular formula is C21H27N3O3S2. The molecule has 4 rings (SSSR count). The van der Waals surface area contributed by atoms with Gasteiger partial charge in [0.15, 0.2) is 5.11 Å². The number of nitrogens with zero attached hydrogens (tertiary/aromatic N) is 2. The minimum absolute atomic E-state index is 0.0772. The van der Waals surface area contributed by atoms with Crippen LogP contribution in [0.2, 0.25) is 0 Å². The van der Waals surface area contributed by atoms with Crippen LogP contribution in [0.25, 0.3) is 6.08 Å². The molecule has 3 fully saturated rings. The first-order chi connectivity index (χ1) is 14.1. The highest BCUT2D eigenvalue weighted by atomic mass is 32.2. The molecule has 0 aromatic heterocycles. The lowest BCUT2D eigenvalue weighted by atomic mass is 10.1. The quantitative estimate of drug-likeness (QED) is 0.546. The summed E-state index contributed by atoms with van der Waals surface area (Å²) in [5, 5.41) is 3.53. The number of nitrogens with one attached hydrogen (secondary N) is 1. The van der Waals surface area contributed by atoms with Crippen molar-refractivity contribution in [2.24, 2.45) is 0 Å². The van der Waals surface area contributed by atoms with E-state index in [-0.39, 0.29) is 12.0 Å². The van der Waals surface area contributed by atoms with Gasteiger partial charge in [0.1, 0.15) is 11.4 Å². The zero-order valence-corrected chi connectivity index (χ0v) is 18.3. The van der Waals surface area contributed by atoms with Crippen molar-refractivity contribution in [1.29, 1.82) is 0 Å². The number of thiocarbonyl (C=S) groups is 1. The van der Waals surface area contributed by atoms with Gasteiger partial charge in [-0.1, -0.05) is 6.07 Å². The van der Waals surface area contributed by atoms with Crippen LogP contribution < -0.4 is 10.1 Å². The number of hydrogen-bond acceptors (Lipinski definition) is 6. The Bertz CT molecular complexity index is 802. The predicted octanol–water partition coefficient (Wildman–Crippen LogP) is 2.48. The summed E-state index contributed by atoms with van der Waals surface area (Å²) in [7, 11) is 1.70. The summed E-state index contributed by atoms with van der Waals surface area (Å²) in [5.41, 5.74) is 2.61. The van der Waals surface area contributed by atoms with E-state index in [0.717, 1.165) is 56.0 Å². The van der Waals surface area contributed by atoms with Crippen molar-refractivity contribution in [3.8, 4) is 5.75 Å². The van der Waals surface area contributed by atoms with Gasteiger partial charge in [0.25, 0.3) is 5.91 Å². The molecular weight excluding hydrogens is 406 g/mol. The Hall–Kier alpha value is -1.61. The molecule has 1 atom stereocenters. The molecule has 3 aliphatic rings. The third-order valence-electron chi connectivity index (χ3n) is 5.49. The molecule has 0 radical (unpaired) electrons. The summed E-state index contributed by atoms with van der Waals surface area (Å²) in [6.45, 7) is 4.31. The number of carbonyl (C=O) groups is 1. The molecule has 8 heteroatoms. The van der Waals surface area contributed by atoms with Crippen LogP contribution in [0.1, 0.15) is 24.0 Å². The second kappa shape index (κ2) is 9.47. The van der Waals surface area contributed by atoms with Crippen LogP contribution in [0.3, 0.4) is 0 Å². The van der Waals surface area contributed by atoms with E-state index in [0.29, 0.717) is 17.4 Å². The minimum Gasteiger partial charge on any atom is -0.496 e. The molecule has 3 heterocycles. The first kappa shape index (κ1) is 20.7. The van der Waals surface area contributed by atoms with Crippen LogP contribution in [0.5, 0.6) is 5.75 Å². The number of benzene rings is 1. The zero-order chi connectivity index (χ0) is 20.2. The fraction of sp³-hybridized carbons (Fsp3) is 0.524. The molecule has 0 saturated carbocycles. The van der Waals surface area contributed by atoms with Crippen LogP contribution in [0.4, 0.5) is 0 Å². The van der Waals surface area contributed by atoms with E-state index < -0.39 is 0 Å². The standard InChI is InChI=1S/C21H27N3O3S2/c1-26-19-5-4-15(11-16(19)13-23-6-9-29-10-7-23)12-18-20(25)24(21(28)22-18)14-17-3-2-8-27-17/h4-5,11-12,17H,2-3,6-10,13-14H2,1H3,(H,22,28)/b18-12+. The Kier molecular flexibility index (Phi) is 6.74. The summed E-state index contributed by atoms with van der Waals surface area (Å²) in [6.07, 6.45) is 3.97. The van der Waals surface area contributed by atoms with E-state index in [4.69, 9.17) is 21.7 Å². The van der Waals surface area contributed by atoms with Crippen molar-refractivity contribution in [3.05, 3.63) is 35.0 Å². The molecule has 1 aromatic carbocycles. The van der Waals surface area contributed by atoms with Gasteiger partial charge in [0.2, 0.25) is 0 Å². The highest BCUT2D eigenvalue weighted by Gasteiger charge is 2.33. The molecule has 1 amide bonds. The van der Waals surface area contributed by atoms with Crippen molar-refractivity contribution in [2.75, 3.05) is 44.9 Å². The SMILES string of the molecule is COc1ccc(/C=C2/NC(=S)N(CC3CCCO3)C2=O)cc1CN1CCSCC1. The highest BCUT2D eigenvalue weighted by molar-refractivity contribution is 7.99. The Balaban J connectivity index is 1.50. The number of methoxy groups -OCH3 is 1. The van der Waals surface area contributed by atoms with Crippen molar-refractivity contribution in [3.63, 3.8) is 0 Å². The second-order valence-electron chi connectivity index (χ2n) is 7.50. The van der Waals surface area contributed by atoms with Crippen LogP contribution >= 0.6 is 24.0 Å². The van der Waals surface area contributed by atoms with Crippen molar-refractivity contribution in [2.45, 2.75) is 25.5 Å². The third kappa shape index (κ3) is 4.94. The Morgan fingerprint density at radius 2 is 2.21 bits per heavy atom. The topological polar surface area (TPSA) is 54.0 Å². The normalized spacial score (nSPS) is 24.4. The van der Waals surface area contributed by atoms with Gasteiger partial charge in [0, 0.05) is 43.3 Å². The van der Waals surface area contributed by atoms with Crippen molar-refractivity contribution in [1.82, 2.24) is 15.1 Å². The number of hydrogen-bond donors (Lipinski definition) is 1. The monoisotopic (exact) mass is 433 g/mol. The van der Waals surface area contributed by atoms with E-state index in [9.17, 15) is 4.79 Å². The number of thioether (sulfide) groups is 1. The number of carbonyl (C=O) groups excluding carboxylic acids is 1. The molecule has 1 aromatic rings. The van der Waals surface area contributed by atoms with Gasteiger partial charge >= 0.3 is 0 Å². The van der Waals surface area contributed by atoms with Crippen molar-refractivity contribution >= 4 is 41.1 Å². The van der Waals surface area contributed by atoms with Gasteiger partial charge in [-0.05, 0) is 48.8 Å². The van der Waals surface area contributed by atoms with E-state index in [2.05, 4.69) is 16.3 Å². The number of ether oxygens (including phenoxy) is 2. The maximum Gasteiger partial charge on any atom is 0.276 e. The van der Waals surface area contributed by atoms with Gasteiger partial charge in [-0.3, -0.25) is 14.6 Å². The minimum atomic E-state index is -0.0871. The summed E-state index contributed by atoms with van der Waals surface area (Å²) in [5.74, 6) is 3.13. The molecule has 3 saturated heterocycles. The molecule has 1 unspecified atom stereocenters. The molecule has 3 aliphatic heterocycles. The lowest BCUT2D eigenvalue weighted by Crippen LogP contribution is -2.37. The van der Waals surface area contributed by atoms with Gasteiger partial charge in [-0.15, -0.1) is 0 Å². The smallest absolute Gasteiger partial charge is 0.276 e. The maximum absolute atomic E-state index is 12.8. The third-order valence-corrected chi connectivity index (χ3v) is 6.75. The van der Waals surface area contributed by atoms with Gasteiger partial charge in [-0.2, -0.15) is 11.8 Å². The molecule has 0 aliphatic carbocycles. The summed E-state index contributed by atoms with van der Waals surface area (Å²) >= 11 is 7.39. The lowest BCUT2D eigenvalue weighted by Gasteiger charge is -2.26. The van der Waals surface area contributed by atoms with Gasteiger partial charge in [0.05, 0.1) is 19.8 Å². The average molecular weight is 434 g/mol. The first-order valence-corrected chi connectivity index (χ1v) is 11.6.